The Morgan fingerprint density at radius 1 is 1.31 bits per heavy atom. The van der Waals surface area contributed by atoms with Gasteiger partial charge in [0.2, 0.25) is 0 Å². The smallest absolute Gasteiger partial charge is 0.282 e. The Bertz CT molecular complexity index is 1120. The molecular formula is C18H12Br2N4O2. The summed E-state index contributed by atoms with van der Waals surface area (Å²) in [6.45, 7) is 1.70. The van der Waals surface area contributed by atoms with Gasteiger partial charge in [-0.15, -0.1) is 0 Å². The maximum absolute atomic E-state index is 12.7. The summed E-state index contributed by atoms with van der Waals surface area (Å²) in [7, 11) is 0. The van der Waals surface area contributed by atoms with Crippen molar-refractivity contribution in [1.29, 1.82) is 5.26 Å². The van der Waals surface area contributed by atoms with Crippen LogP contribution in [0.25, 0.3) is 10.9 Å². The van der Waals surface area contributed by atoms with Crippen molar-refractivity contribution in [3.05, 3.63) is 67.1 Å². The van der Waals surface area contributed by atoms with Gasteiger partial charge in [0.05, 0.1) is 21.6 Å². The van der Waals surface area contributed by atoms with Crippen molar-refractivity contribution in [3.63, 3.8) is 0 Å². The van der Waals surface area contributed by atoms with E-state index in [1.807, 2.05) is 12.1 Å². The van der Waals surface area contributed by atoms with Gasteiger partial charge in [0, 0.05) is 4.47 Å². The summed E-state index contributed by atoms with van der Waals surface area (Å²) in [6, 6.07) is 12.6. The first-order chi connectivity index (χ1) is 12.5. The molecule has 0 N–H and O–H groups in total. The van der Waals surface area contributed by atoms with Crippen LogP contribution in [-0.2, 0) is 0 Å². The number of rotatable bonds is 4. The second-order valence-electron chi connectivity index (χ2n) is 5.32. The fourth-order valence-electron chi connectivity index (χ4n) is 2.34. The zero-order valence-corrected chi connectivity index (χ0v) is 16.8. The molecule has 8 heteroatoms. The highest BCUT2D eigenvalue weighted by molar-refractivity contribution is 9.10. The summed E-state index contributed by atoms with van der Waals surface area (Å²) in [5.41, 5.74) is 1.16. The van der Waals surface area contributed by atoms with Gasteiger partial charge in [-0.05, 0) is 64.8 Å². The molecule has 0 fully saturated rings. The van der Waals surface area contributed by atoms with Crippen molar-refractivity contribution in [2.75, 3.05) is 6.61 Å². The molecule has 26 heavy (non-hydrogen) atoms. The molecule has 1 aromatic heterocycles. The molecule has 3 rings (SSSR count). The Morgan fingerprint density at radius 3 is 2.85 bits per heavy atom. The van der Waals surface area contributed by atoms with Crippen molar-refractivity contribution in [2.45, 2.75) is 6.92 Å². The average molecular weight is 476 g/mol. The zero-order valence-electron chi connectivity index (χ0n) is 13.6. The van der Waals surface area contributed by atoms with E-state index in [1.54, 1.807) is 43.5 Å². The molecule has 0 unspecified atom stereocenters. The van der Waals surface area contributed by atoms with E-state index in [-0.39, 0.29) is 12.2 Å². The lowest BCUT2D eigenvalue weighted by Gasteiger charge is -2.07. The van der Waals surface area contributed by atoms with Crippen LogP contribution in [0.5, 0.6) is 5.75 Å². The number of hydrogen-bond donors (Lipinski definition) is 0. The first kappa shape index (κ1) is 18.3. The second kappa shape index (κ2) is 7.81. The van der Waals surface area contributed by atoms with Gasteiger partial charge in [-0.2, -0.15) is 15.0 Å². The van der Waals surface area contributed by atoms with Crippen LogP contribution in [0.15, 0.2) is 55.2 Å². The van der Waals surface area contributed by atoms with E-state index >= 15 is 0 Å². The number of aryl methyl sites for hydroxylation is 1. The summed E-state index contributed by atoms with van der Waals surface area (Å²) in [4.78, 5) is 17.1. The van der Waals surface area contributed by atoms with Gasteiger partial charge in [0.25, 0.3) is 5.56 Å². The van der Waals surface area contributed by atoms with E-state index in [4.69, 9.17) is 10.00 Å². The Labute approximate surface area is 166 Å². The molecule has 130 valence electrons. The molecule has 0 aliphatic rings. The number of halogens is 2. The van der Waals surface area contributed by atoms with Gasteiger partial charge >= 0.3 is 0 Å². The molecule has 0 saturated heterocycles. The molecule has 6 nitrogen and oxygen atoms in total. The summed E-state index contributed by atoms with van der Waals surface area (Å²) in [5, 5.41) is 13.3. The molecule has 0 aliphatic carbocycles. The second-order valence-corrected chi connectivity index (χ2v) is 7.09. The molecular weight excluding hydrogens is 464 g/mol. The minimum absolute atomic E-state index is 0.0288. The molecule has 1 heterocycles. The monoisotopic (exact) mass is 474 g/mol. The minimum atomic E-state index is -0.238. The van der Waals surface area contributed by atoms with Crippen molar-refractivity contribution in [3.8, 4) is 11.8 Å². The van der Waals surface area contributed by atoms with E-state index < -0.39 is 0 Å². The number of hydrogen-bond acceptors (Lipinski definition) is 5. The topological polar surface area (TPSA) is 80.3 Å². The maximum Gasteiger partial charge on any atom is 0.282 e. The number of nitriles is 1. The zero-order chi connectivity index (χ0) is 18.7. The third-order valence-electron chi connectivity index (χ3n) is 3.54. The lowest BCUT2D eigenvalue weighted by Crippen LogP contribution is -2.20. The number of ether oxygens (including phenoxy) is 1. The van der Waals surface area contributed by atoms with Crippen LogP contribution >= 0.6 is 31.9 Å². The van der Waals surface area contributed by atoms with Crippen LogP contribution in [0.4, 0.5) is 0 Å². The first-order valence-corrected chi connectivity index (χ1v) is 9.11. The van der Waals surface area contributed by atoms with Gasteiger partial charge < -0.3 is 4.74 Å². The van der Waals surface area contributed by atoms with E-state index in [9.17, 15) is 4.79 Å². The standard InChI is InChI=1S/C18H12Br2N4O2/c1-11-23-16-4-3-13(19)9-14(16)18(25)24(11)22-10-12-2-5-17(15(20)8-12)26-7-6-21/h2-5,8-10H,7H2,1H3. The third-order valence-corrected chi connectivity index (χ3v) is 4.65. The highest BCUT2D eigenvalue weighted by Crippen LogP contribution is 2.25. The van der Waals surface area contributed by atoms with Crippen molar-refractivity contribution < 1.29 is 4.74 Å². The molecule has 0 atom stereocenters. The Morgan fingerprint density at radius 2 is 2.12 bits per heavy atom. The Hall–Kier alpha value is -2.50. The molecule has 0 spiro atoms. The fourth-order valence-corrected chi connectivity index (χ4v) is 3.22. The van der Waals surface area contributed by atoms with Crippen LogP contribution in [0.1, 0.15) is 11.4 Å². The SMILES string of the molecule is Cc1nc2ccc(Br)cc2c(=O)n1N=Cc1ccc(OCC#N)c(Br)c1. The van der Waals surface area contributed by atoms with E-state index in [0.717, 1.165) is 10.0 Å². The molecule has 0 bridgehead atoms. The summed E-state index contributed by atoms with van der Waals surface area (Å²) < 4.78 is 8.05. The fraction of sp³-hybridized carbons (Fsp3) is 0.111. The number of aromatic nitrogens is 2. The van der Waals surface area contributed by atoms with Gasteiger partial charge in [-0.1, -0.05) is 15.9 Å². The number of fused-ring (bicyclic) bond motifs is 1. The molecule has 3 aromatic rings. The molecule has 0 aliphatic heterocycles. The maximum atomic E-state index is 12.7. The molecule has 0 amide bonds. The van der Waals surface area contributed by atoms with Crippen LogP contribution in [0, 0.1) is 18.3 Å². The minimum Gasteiger partial charge on any atom is -0.478 e. The Balaban J connectivity index is 1.97. The summed E-state index contributed by atoms with van der Waals surface area (Å²) in [6.07, 6.45) is 1.57. The lowest BCUT2D eigenvalue weighted by molar-refractivity contribution is 0.366. The van der Waals surface area contributed by atoms with Crippen LogP contribution in [0.3, 0.4) is 0 Å². The predicted molar refractivity (Wildman–Crippen MR) is 107 cm³/mol. The quantitative estimate of drug-likeness (QED) is 0.534. The van der Waals surface area contributed by atoms with E-state index in [1.165, 1.54) is 4.68 Å². The molecule has 0 radical (unpaired) electrons. The van der Waals surface area contributed by atoms with Crippen molar-refractivity contribution >= 4 is 49.0 Å². The highest BCUT2D eigenvalue weighted by atomic mass is 79.9. The average Bonchev–Trinajstić information content (AvgIpc) is 2.61. The lowest BCUT2D eigenvalue weighted by atomic mass is 10.2. The van der Waals surface area contributed by atoms with Crippen LogP contribution < -0.4 is 10.3 Å². The van der Waals surface area contributed by atoms with Crippen molar-refractivity contribution in [2.24, 2.45) is 5.10 Å². The highest BCUT2D eigenvalue weighted by Gasteiger charge is 2.08. The van der Waals surface area contributed by atoms with Gasteiger partial charge in [-0.3, -0.25) is 4.79 Å². The third kappa shape index (κ3) is 3.84. The van der Waals surface area contributed by atoms with Crippen LogP contribution in [-0.4, -0.2) is 22.5 Å². The number of benzene rings is 2. The first-order valence-electron chi connectivity index (χ1n) is 7.52. The van der Waals surface area contributed by atoms with E-state index in [0.29, 0.717) is 26.9 Å². The van der Waals surface area contributed by atoms with E-state index in [2.05, 4.69) is 41.9 Å². The predicted octanol–water partition coefficient (Wildman–Crippen LogP) is 4.01. The summed E-state index contributed by atoms with van der Waals surface area (Å²) in [5.74, 6) is 1.06. The molecule has 0 saturated carbocycles. The molecule has 2 aromatic carbocycles. The normalized spacial score (nSPS) is 11.0. The van der Waals surface area contributed by atoms with Gasteiger partial charge in [0.1, 0.15) is 17.6 Å². The van der Waals surface area contributed by atoms with Crippen molar-refractivity contribution in [1.82, 2.24) is 9.66 Å². The van der Waals surface area contributed by atoms with Crippen LogP contribution in [0.2, 0.25) is 0 Å². The van der Waals surface area contributed by atoms with Gasteiger partial charge in [0.15, 0.2) is 6.61 Å². The number of nitrogens with zero attached hydrogens (tertiary/aromatic N) is 4. The largest absolute Gasteiger partial charge is 0.478 e. The van der Waals surface area contributed by atoms with Gasteiger partial charge in [-0.25, -0.2) is 4.98 Å². The summed E-state index contributed by atoms with van der Waals surface area (Å²) >= 11 is 6.76. The Kier molecular flexibility index (Phi) is 5.49.